The predicted molar refractivity (Wildman–Crippen MR) is 94.1 cm³/mol. The summed E-state index contributed by atoms with van der Waals surface area (Å²) in [6.45, 7) is 0.601. The first kappa shape index (κ1) is 17.3. The molecule has 1 amide bonds. The van der Waals surface area contributed by atoms with E-state index in [-0.39, 0.29) is 5.91 Å². The quantitative estimate of drug-likeness (QED) is 0.804. The second kappa shape index (κ2) is 8.58. The molecule has 0 aliphatic heterocycles. The van der Waals surface area contributed by atoms with Gasteiger partial charge in [-0.2, -0.15) is 0 Å². The molecule has 0 aliphatic rings. The molecule has 0 atom stereocenters. The fourth-order valence-corrected chi connectivity index (χ4v) is 2.83. The highest BCUT2D eigenvalue weighted by Gasteiger charge is 2.06. The number of ether oxygens (including phenoxy) is 2. The van der Waals surface area contributed by atoms with Crippen LogP contribution in [0.5, 0.6) is 11.5 Å². The van der Waals surface area contributed by atoms with Crippen LogP contribution in [0.15, 0.2) is 46.9 Å². The van der Waals surface area contributed by atoms with Crippen LogP contribution in [0.3, 0.4) is 0 Å². The van der Waals surface area contributed by atoms with Crippen molar-refractivity contribution in [3.63, 3.8) is 0 Å². The van der Waals surface area contributed by atoms with Crippen molar-refractivity contribution >= 4 is 21.8 Å². The van der Waals surface area contributed by atoms with Gasteiger partial charge in [0, 0.05) is 6.54 Å². The molecule has 0 aromatic heterocycles. The summed E-state index contributed by atoms with van der Waals surface area (Å²) in [7, 11) is 3.26. The van der Waals surface area contributed by atoms with Crippen molar-refractivity contribution in [2.24, 2.45) is 0 Å². The van der Waals surface area contributed by atoms with Gasteiger partial charge in [-0.15, -0.1) is 0 Å². The van der Waals surface area contributed by atoms with Gasteiger partial charge in [0.2, 0.25) is 5.91 Å². The number of carbonyl (C=O) groups excluding carboxylic acids is 1. The molecule has 0 fully saturated rings. The minimum atomic E-state index is 0.00460. The Bertz CT molecular complexity index is 673. The number of amides is 1. The maximum absolute atomic E-state index is 12.0. The molecular weight excluding hydrogens is 358 g/mol. The van der Waals surface area contributed by atoms with Crippen LogP contribution in [0.4, 0.5) is 0 Å². The van der Waals surface area contributed by atoms with Gasteiger partial charge in [-0.05, 0) is 57.7 Å². The van der Waals surface area contributed by atoms with E-state index in [1.807, 2.05) is 42.5 Å². The summed E-state index contributed by atoms with van der Waals surface area (Å²) in [6.07, 6.45) is 1.12. The lowest BCUT2D eigenvalue weighted by Crippen LogP contribution is -2.27. The van der Waals surface area contributed by atoms with E-state index in [1.165, 1.54) is 0 Å². The summed E-state index contributed by atoms with van der Waals surface area (Å²) >= 11 is 3.43. The fraction of sp³-hybridized carbons (Fsp3) is 0.278. The highest BCUT2D eigenvalue weighted by atomic mass is 79.9. The fourth-order valence-electron chi connectivity index (χ4n) is 2.24. The summed E-state index contributed by atoms with van der Waals surface area (Å²) in [5, 5.41) is 2.94. The first-order valence-electron chi connectivity index (χ1n) is 7.34. The van der Waals surface area contributed by atoms with Crippen molar-refractivity contribution in [3.8, 4) is 11.5 Å². The predicted octanol–water partition coefficient (Wildman–Crippen LogP) is 3.37. The maximum atomic E-state index is 12.0. The number of hydrogen-bond donors (Lipinski definition) is 1. The van der Waals surface area contributed by atoms with Gasteiger partial charge in [0.1, 0.15) is 11.5 Å². The number of halogens is 1. The normalized spacial score (nSPS) is 10.2. The van der Waals surface area contributed by atoms with Crippen molar-refractivity contribution in [1.82, 2.24) is 5.32 Å². The van der Waals surface area contributed by atoms with Crippen molar-refractivity contribution in [2.45, 2.75) is 12.8 Å². The molecule has 0 unspecified atom stereocenters. The summed E-state index contributed by atoms with van der Waals surface area (Å²) in [5.74, 6) is 1.59. The second-order valence-electron chi connectivity index (χ2n) is 5.10. The lowest BCUT2D eigenvalue weighted by molar-refractivity contribution is -0.120. The number of nitrogens with one attached hydrogen (secondary N) is 1. The standard InChI is InChI=1S/C18H20BrNO3/c1-22-15-5-3-4-13(10-15)8-9-20-18(21)12-14-6-7-17(23-2)16(19)11-14/h3-7,10-11H,8-9,12H2,1-2H3,(H,20,21). The zero-order chi connectivity index (χ0) is 16.7. The Kier molecular flexibility index (Phi) is 6.47. The van der Waals surface area contributed by atoms with Crippen LogP contribution in [0, 0.1) is 0 Å². The molecule has 2 rings (SSSR count). The van der Waals surface area contributed by atoms with Gasteiger partial charge < -0.3 is 14.8 Å². The van der Waals surface area contributed by atoms with E-state index in [0.29, 0.717) is 13.0 Å². The number of hydrogen-bond acceptors (Lipinski definition) is 3. The third kappa shape index (κ3) is 5.28. The molecule has 0 saturated heterocycles. The van der Waals surface area contributed by atoms with E-state index in [4.69, 9.17) is 9.47 Å². The van der Waals surface area contributed by atoms with Crippen LogP contribution >= 0.6 is 15.9 Å². The first-order chi connectivity index (χ1) is 11.1. The van der Waals surface area contributed by atoms with Gasteiger partial charge in [-0.1, -0.05) is 18.2 Å². The van der Waals surface area contributed by atoms with Crippen LogP contribution < -0.4 is 14.8 Å². The second-order valence-corrected chi connectivity index (χ2v) is 5.95. The molecule has 0 bridgehead atoms. The largest absolute Gasteiger partial charge is 0.497 e. The number of benzene rings is 2. The van der Waals surface area contributed by atoms with E-state index in [2.05, 4.69) is 21.2 Å². The van der Waals surface area contributed by atoms with Crippen molar-refractivity contribution in [1.29, 1.82) is 0 Å². The molecule has 23 heavy (non-hydrogen) atoms. The average molecular weight is 378 g/mol. The Labute approximate surface area is 144 Å². The van der Waals surface area contributed by atoms with Crippen LogP contribution in [0.1, 0.15) is 11.1 Å². The van der Waals surface area contributed by atoms with Gasteiger partial charge in [0.25, 0.3) is 0 Å². The lowest BCUT2D eigenvalue weighted by atomic mass is 10.1. The van der Waals surface area contributed by atoms with Gasteiger partial charge in [-0.25, -0.2) is 0 Å². The van der Waals surface area contributed by atoms with Crippen molar-refractivity contribution in [2.75, 3.05) is 20.8 Å². The summed E-state index contributed by atoms with van der Waals surface area (Å²) in [6, 6.07) is 13.5. The molecule has 122 valence electrons. The summed E-state index contributed by atoms with van der Waals surface area (Å²) in [5.41, 5.74) is 2.08. The SMILES string of the molecule is COc1cccc(CCNC(=O)Cc2ccc(OC)c(Br)c2)c1. The smallest absolute Gasteiger partial charge is 0.224 e. The molecule has 2 aromatic rings. The molecule has 0 radical (unpaired) electrons. The Morgan fingerprint density at radius 2 is 1.91 bits per heavy atom. The van der Waals surface area contributed by atoms with Gasteiger partial charge >= 0.3 is 0 Å². The molecule has 2 aromatic carbocycles. The lowest BCUT2D eigenvalue weighted by Gasteiger charge is -2.08. The Morgan fingerprint density at radius 1 is 1.09 bits per heavy atom. The van der Waals surface area contributed by atoms with Gasteiger partial charge in [-0.3, -0.25) is 4.79 Å². The molecular formula is C18H20BrNO3. The first-order valence-corrected chi connectivity index (χ1v) is 8.13. The summed E-state index contributed by atoms with van der Waals surface area (Å²) in [4.78, 5) is 12.0. The molecule has 0 heterocycles. The van der Waals surface area contributed by atoms with E-state index < -0.39 is 0 Å². The van der Waals surface area contributed by atoms with Crippen LogP contribution in [0.25, 0.3) is 0 Å². The van der Waals surface area contributed by atoms with Crippen molar-refractivity contribution in [3.05, 3.63) is 58.1 Å². The van der Waals surface area contributed by atoms with Crippen LogP contribution in [-0.4, -0.2) is 26.7 Å². The molecule has 4 nitrogen and oxygen atoms in total. The molecule has 1 N–H and O–H groups in total. The van der Waals surface area contributed by atoms with Crippen LogP contribution in [0.2, 0.25) is 0 Å². The molecule has 5 heteroatoms. The zero-order valence-corrected chi connectivity index (χ0v) is 14.9. The number of rotatable bonds is 7. The van der Waals surface area contributed by atoms with Crippen molar-refractivity contribution < 1.29 is 14.3 Å². The topological polar surface area (TPSA) is 47.6 Å². The number of methoxy groups -OCH3 is 2. The molecule has 0 aliphatic carbocycles. The van der Waals surface area contributed by atoms with E-state index in [1.54, 1.807) is 14.2 Å². The maximum Gasteiger partial charge on any atom is 0.224 e. The average Bonchev–Trinajstić information content (AvgIpc) is 2.55. The Balaban J connectivity index is 1.82. The highest BCUT2D eigenvalue weighted by molar-refractivity contribution is 9.10. The molecule has 0 saturated carbocycles. The van der Waals surface area contributed by atoms with Crippen LogP contribution in [-0.2, 0) is 17.6 Å². The third-order valence-electron chi connectivity index (χ3n) is 3.45. The van der Waals surface area contributed by atoms with E-state index >= 15 is 0 Å². The minimum Gasteiger partial charge on any atom is -0.497 e. The molecule has 0 spiro atoms. The monoisotopic (exact) mass is 377 g/mol. The van der Waals surface area contributed by atoms with E-state index in [9.17, 15) is 4.79 Å². The number of carbonyl (C=O) groups is 1. The Morgan fingerprint density at radius 3 is 2.61 bits per heavy atom. The third-order valence-corrected chi connectivity index (χ3v) is 4.07. The summed E-state index contributed by atoms with van der Waals surface area (Å²) < 4.78 is 11.2. The minimum absolute atomic E-state index is 0.00460. The highest BCUT2D eigenvalue weighted by Crippen LogP contribution is 2.25. The zero-order valence-electron chi connectivity index (χ0n) is 13.3. The Hall–Kier alpha value is -2.01. The van der Waals surface area contributed by atoms with Gasteiger partial charge in [0.05, 0.1) is 25.1 Å². The van der Waals surface area contributed by atoms with E-state index in [0.717, 1.165) is 33.5 Å². The van der Waals surface area contributed by atoms with Gasteiger partial charge in [0.15, 0.2) is 0 Å².